The van der Waals surface area contributed by atoms with Crippen LogP contribution in [0.4, 0.5) is 0 Å². The molecule has 0 aromatic heterocycles. The Balaban J connectivity index is 2.63. The predicted octanol–water partition coefficient (Wildman–Crippen LogP) is 1.10. The van der Waals surface area contributed by atoms with Crippen molar-refractivity contribution in [3.05, 3.63) is 35.9 Å². The van der Waals surface area contributed by atoms with Gasteiger partial charge in [0.15, 0.2) is 0 Å². The van der Waals surface area contributed by atoms with Gasteiger partial charge in [0.25, 0.3) is 0 Å². The Bertz CT molecular complexity index is 514. The summed E-state index contributed by atoms with van der Waals surface area (Å²) in [6.45, 7) is 3.61. The van der Waals surface area contributed by atoms with Crippen molar-refractivity contribution in [2.24, 2.45) is 0 Å². The van der Waals surface area contributed by atoms with E-state index in [0.717, 1.165) is 5.56 Å². The predicted molar refractivity (Wildman–Crippen MR) is 82.2 cm³/mol. The number of nitrogens with one attached hydrogen (secondary N) is 2. The van der Waals surface area contributed by atoms with Crippen LogP contribution in [0.15, 0.2) is 30.3 Å². The normalized spacial score (nSPS) is 11.8. The van der Waals surface area contributed by atoms with Crippen molar-refractivity contribution in [2.75, 3.05) is 0 Å². The molecule has 0 unspecified atom stereocenters. The second kappa shape index (κ2) is 8.81. The Morgan fingerprint density at radius 1 is 1.09 bits per heavy atom. The van der Waals surface area contributed by atoms with Gasteiger partial charge in [0, 0.05) is 12.5 Å². The minimum absolute atomic E-state index is 0.0639. The van der Waals surface area contributed by atoms with E-state index < -0.39 is 12.0 Å². The smallest absolute Gasteiger partial charge is 0.303 e. The van der Waals surface area contributed by atoms with E-state index in [9.17, 15) is 14.4 Å². The summed E-state index contributed by atoms with van der Waals surface area (Å²) in [7, 11) is 0. The first-order valence-electron chi connectivity index (χ1n) is 7.24. The van der Waals surface area contributed by atoms with Crippen molar-refractivity contribution in [3.63, 3.8) is 0 Å². The molecular weight excluding hydrogens is 284 g/mol. The number of hydrogen-bond acceptors (Lipinski definition) is 3. The zero-order valence-corrected chi connectivity index (χ0v) is 12.8. The summed E-state index contributed by atoms with van der Waals surface area (Å²) in [5, 5.41) is 14.1. The second-order valence-corrected chi connectivity index (χ2v) is 5.38. The van der Waals surface area contributed by atoms with Crippen LogP contribution in [-0.4, -0.2) is 35.0 Å². The number of carboxylic acids is 1. The lowest BCUT2D eigenvalue weighted by Gasteiger charge is -2.19. The topological polar surface area (TPSA) is 95.5 Å². The Morgan fingerprint density at radius 2 is 1.73 bits per heavy atom. The highest BCUT2D eigenvalue weighted by Gasteiger charge is 2.22. The fourth-order valence-corrected chi connectivity index (χ4v) is 1.95. The molecule has 2 amide bonds. The van der Waals surface area contributed by atoms with Gasteiger partial charge in [0.05, 0.1) is 6.42 Å². The van der Waals surface area contributed by atoms with Crippen molar-refractivity contribution in [1.82, 2.24) is 10.6 Å². The molecule has 0 spiro atoms. The number of amides is 2. The standard InChI is InChI=1S/C16H22N2O4/c1-11(2)17-16(22)13(8-9-15(20)21)18-14(19)10-12-6-4-3-5-7-12/h3-7,11,13H,8-10H2,1-2H3,(H,17,22)(H,18,19)(H,20,21)/t13-/m0/s1. The second-order valence-electron chi connectivity index (χ2n) is 5.38. The fraction of sp³-hybridized carbons (Fsp3) is 0.438. The highest BCUT2D eigenvalue weighted by molar-refractivity contribution is 5.88. The van der Waals surface area contributed by atoms with Gasteiger partial charge in [0.1, 0.15) is 6.04 Å². The van der Waals surface area contributed by atoms with Crippen molar-refractivity contribution in [3.8, 4) is 0 Å². The lowest BCUT2D eigenvalue weighted by molar-refractivity contribution is -0.138. The van der Waals surface area contributed by atoms with E-state index in [1.165, 1.54) is 0 Å². The van der Waals surface area contributed by atoms with Crippen molar-refractivity contribution in [1.29, 1.82) is 0 Å². The molecule has 0 radical (unpaired) electrons. The maximum Gasteiger partial charge on any atom is 0.303 e. The van der Waals surface area contributed by atoms with Gasteiger partial charge in [-0.2, -0.15) is 0 Å². The number of hydrogen-bond donors (Lipinski definition) is 3. The third kappa shape index (κ3) is 6.88. The minimum atomic E-state index is -1.00. The van der Waals surface area contributed by atoms with Crippen LogP contribution in [0.2, 0.25) is 0 Å². The summed E-state index contributed by atoms with van der Waals surface area (Å²) < 4.78 is 0. The molecule has 6 heteroatoms. The molecule has 0 bridgehead atoms. The summed E-state index contributed by atoms with van der Waals surface area (Å²) in [6, 6.07) is 8.24. The maximum absolute atomic E-state index is 12.0. The molecule has 0 heterocycles. The van der Waals surface area contributed by atoms with Gasteiger partial charge in [-0.3, -0.25) is 14.4 Å². The summed E-state index contributed by atoms with van der Waals surface area (Å²) >= 11 is 0. The van der Waals surface area contributed by atoms with Gasteiger partial charge in [-0.25, -0.2) is 0 Å². The fourth-order valence-electron chi connectivity index (χ4n) is 1.95. The van der Waals surface area contributed by atoms with Gasteiger partial charge in [-0.1, -0.05) is 30.3 Å². The SMILES string of the molecule is CC(C)NC(=O)[C@H](CCC(=O)O)NC(=O)Cc1ccccc1. The van der Waals surface area contributed by atoms with Crippen LogP contribution < -0.4 is 10.6 Å². The first-order chi connectivity index (χ1) is 10.4. The first kappa shape index (κ1) is 17.7. The van der Waals surface area contributed by atoms with Gasteiger partial charge in [-0.05, 0) is 25.8 Å². The molecule has 1 aromatic carbocycles. The summed E-state index contributed by atoms with van der Waals surface area (Å²) in [5.74, 6) is -1.67. The number of aliphatic carboxylic acids is 1. The molecule has 0 aliphatic carbocycles. The van der Waals surface area contributed by atoms with E-state index in [-0.39, 0.29) is 37.1 Å². The van der Waals surface area contributed by atoms with Crippen LogP contribution in [0, 0.1) is 0 Å². The number of benzene rings is 1. The quantitative estimate of drug-likeness (QED) is 0.670. The highest BCUT2D eigenvalue weighted by atomic mass is 16.4. The zero-order valence-electron chi connectivity index (χ0n) is 12.8. The molecule has 0 saturated carbocycles. The van der Waals surface area contributed by atoms with E-state index in [1.54, 1.807) is 13.8 Å². The van der Waals surface area contributed by atoms with Gasteiger partial charge in [-0.15, -0.1) is 0 Å². The Hall–Kier alpha value is -2.37. The maximum atomic E-state index is 12.0. The van der Waals surface area contributed by atoms with E-state index in [2.05, 4.69) is 10.6 Å². The van der Waals surface area contributed by atoms with Crippen LogP contribution in [0.5, 0.6) is 0 Å². The summed E-state index contributed by atoms with van der Waals surface area (Å²) in [6.07, 6.45) is 0.0373. The summed E-state index contributed by atoms with van der Waals surface area (Å²) in [4.78, 5) is 34.7. The number of rotatable bonds is 8. The molecule has 0 saturated heterocycles. The molecule has 120 valence electrons. The average molecular weight is 306 g/mol. The first-order valence-corrected chi connectivity index (χ1v) is 7.24. The number of carboxylic acid groups (broad SMARTS) is 1. The molecule has 6 nitrogen and oxygen atoms in total. The van der Waals surface area contributed by atoms with Crippen molar-refractivity contribution >= 4 is 17.8 Å². The third-order valence-electron chi connectivity index (χ3n) is 2.94. The lowest BCUT2D eigenvalue weighted by atomic mass is 10.1. The average Bonchev–Trinajstić information content (AvgIpc) is 2.43. The van der Waals surface area contributed by atoms with Crippen LogP contribution in [0.25, 0.3) is 0 Å². The van der Waals surface area contributed by atoms with E-state index in [0.29, 0.717) is 0 Å². The van der Waals surface area contributed by atoms with Crippen molar-refractivity contribution in [2.45, 2.75) is 45.2 Å². The Kier molecular flexibility index (Phi) is 7.08. The molecule has 0 aliphatic rings. The van der Waals surface area contributed by atoms with Crippen molar-refractivity contribution < 1.29 is 19.5 Å². The van der Waals surface area contributed by atoms with Gasteiger partial charge < -0.3 is 15.7 Å². The number of carbonyl (C=O) groups excluding carboxylic acids is 2. The monoisotopic (exact) mass is 306 g/mol. The Morgan fingerprint density at radius 3 is 2.27 bits per heavy atom. The largest absolute Gasteiger partial charge is 0.481 e. The molecule has 0 fully saturated rings. The van der Waals surface area contributed by atoms with Gasteiger partial charge >= 0.3 is 5.97 Å². The van der Waals surface area contributed by atoms with Crippen LogP contribution in [-0.2, 0) is 20.8 Å². The molecule has 1 rings (SSSR count). The van der Waals surface area contributed by atoms with E-state index in [1.807, 2.05) is 30.3 Å². The van der Waals surface area contributed by atoms with Crippen LogP contribution >= 0.6 is 0 Å². The van der Waals surface area contributed by atoms with E-state index in [4.69, 9.17) is 5.11 Å². The Labute approximate surface area is 129 Å². The van der Waals surface area contributed by atoms with Crippen LogP contribution in [0.1, 0.15) is 32.3 Å². The number of carbonyl (C=O) groups is 3. The highest BCUT2D eigenvalue weighted by Crippen LogP contribution is 2.03. The molecule has 22 heavy (non-hydrogen) atoms. The zero-order chi connectivity index (χ0) is 16.5. The molecule has 0 aliphatic heterocycles. The molecule has 3 N–H and O–H groups in total. The lowest BCUT2D eigenvalue weighted by Crippen LogP contribution is -2.49. The van der Waals surface area contributed by atoms with Crippen LogP contribution in [0.3, 0.4) is 0 Å². The third-order valence-corrected chi connectivity index (χ3v) is 2.94. The summed E-state index contributed by atoms with van der Waals surface area (Å²) in [5.41, 5.74) is 0.834. The van der Waals surface area contributed by atoms with E-state index >= 15 is 0 Å². The molecule has 1 atom stereocenters. The minimum Gasteiger partial charge on any atom is -0.481 e. The molecule has 1 aromatic rings. The molecular formula is C16H22N2O4. The van der Waals surface area contributed by atoms with Gasteiger partial charge in [0.2, 0.25) is 11.8 Å².